The monoisotopic (exact) mass is 310 g/mol. The van der Waals surface area contributed by atoms with Crippen LogP contribution in [0.25, 0.3) is 0 Å². The summed E-state index contributed by atoms with van der Waals surface area (Å²) in [7, 11) is 0. The van der Waals surface area contributed by atoms with Crippen LogP contribution in [0.1, 0.15) is 42.1 Å². The fraction of sp³-hybridized carbons (Fsp3) is 0.421. The van der Waals surface area contributed by atoms with Crippen molar-refractivity contribution >= 4 is 0 Å². The molecule has 1 aliphatic heterocycles. The van der Waals surface area contributed by atoms with Crippen molar-refractivity contribution in [1.82, 2.24) is 9.47 Å². The van der Waals surface area contributed by atoms with E-state index in [4.69, 9.17) is 0 Å². The first kappa shape index (κ1) is 14.5. The molecular formula is C19H22N2O2. The Labute approximate surface area is 136 Å². The van der Waals surface area contributed by atoms with E-state index in [1.165, 1.54) is 36.8 Å². The lowest BCUT2D eigenvalue weighted by molar-refractivity contribution is 0.145. The summed E-state index contributed by atoms with van der Waals surface area (Å²) in [6.45, 7) is 2.55. The number of aromatic nitrogens is 1. The molecule has 23 heavy (non-hydrogen) atoms. The second-order valence-corrected chi connectivity index (χ2v) is 6.64. The molecule has 0 spiro atoms. The standard InChI is InChI=1S/C19H22N2O2/c22-18-11-15-12-21(10-9-20(15)13-19(18)23)17-8-4-2-6-14-5-1-3-7-16(14)17/h1,3,5,7,11,13,17,23H,2,4,6,8-10,12H2. The lowest BCUT2D eigenvalue weighted by atomic mass is 9.97. The van der Waals surface area contributed by atoms with Crippen LogP contribution in [0.2, 0.25) is 0 Å². The molecule has 2 heterocycles. The molecule has 1 atom stereocenters. The molecule has 0 radical (unpaired) electrons. The molecule has 4 rings (SSSR count). The largest absolute Gasteiger partial charge is 0.503 e. The summed E-state index contributed by atoms with van der Waals surface area (Å²) in [4.78, 5) is 14.2. The van der Waals surface area contributed by atoms with Crippen LogP contribution in [0, 0.1) is 0 Å². The van der Waals surface area contributed by atoms with Gasteiger partial charge in [-0.15, -0.1) is 0 Å². The quantitative estimate of drug-likeness (QED) is 0.824. The average molecular weight is 310 g/mol. The highest BCUT2D eigenvalue weighted by Gasteiger charge is 2.27. The van der Waals surface area contributed by atoms with Crippen molar-refractivity contribution < 1.29 is 5.11 Å². The lowest BCUT2D eigenvalue weighted by Crippen LogP contribution is -2.37. The molecule has 120 valence electrons. The maximum Gasteiger partial charge on any atom is 0.223 e. The first-order chi connectivity index (χ1) is 11.2. The molecule has 0 saturated carbocycles. The van der Waals surface area contributed by atoms with E-state index >= 15 is 0 Å². The summed E-state index contributed by atoms with van der Waals surface area (Å²) in [5.41, 5.74) is 3.66. The van der Waals surface area contributed by atoms with Gasteiger partial charge < -0.3 is 9.67 Å². The summed E-state index contributed by atoms with van der Waals surface area (Å²) < 4.78 is 2.01. The highest BCUT2D eigenvalue weighted by Crippen LogP contribution is 2.35. The van der Waals surface area contributed by atoms with Gasteiger partial charge in [0.05, 0.1) is 6.20 Å². The zero-order chi connectivity index (χ0) is 15.8. The molecule has 0 fully saturated rings. The van der Waals surface area contributed by atoms with Gasteiger partial charge in [0.25, 0.3) is 0 Å². The Morgan fingerprint density at radius 2 is 2.00 bits per heavy atom. The van der Waals surface area contributed by atoms with E-state index in [2.05, 4.69) is 29.2 Å². The van der Waals surface area contributed by atoms with Gasteiger partial charge in [-0.25, -0.2) is 0 Å². The fourth-order valence-corrected chi connectivity index (χ4v) is 4.01. The Morgan fingerprint density at radius 1 is 1.13 bits per heavy atom. The highest BCUT2D eigenvalue weighted by atomic mass is 16.3. The van der Waals surface area contributed by atoms with E-state index in [0.29, 0.717) is 6.04 Å². The number of hydrogen-bond acceptors (Lipinski definition) is 3. The topological polar surface area (TPSA) is 45.5 Å². The first-order valence-electron chi connectivity index (χ1n) is 8.46. The van der Waals surface area contributed by atoms with Crippen molar-refractivity contribution in [2.45, 2.75) is 44.8 Å². The van der Waals surface area contributed by atoms with Crippen LogP contribution in [-0.2, 0) is 19.5 Å². The second kappa shape index (κ2) is 5.85. The van der Waals surface area contributed by atoms with E-state index in [1.807, 2.05) is 4.57 Å². The summed E-state index contributed by atoms with van der Waals surface area (Å²) >= 11 is 0. The Balaban J connectivity index is 1.67. The predicted molar refractivity (Wildman–Crippen MR) is 89.5 cm³/mol. The van der Waals surface area contributed by atoms with Gasteiger partial charge in [0.2, 0.25) is 5.43 Å². The molecule has 0 bridgehead atoms. The summed E-state index contributed by atoms with van der Waals surface area (Å²) in [5, 5.41) is 9.61. The van der Waals surface area contributed by atoms with Gasteiger partial charge >= 0.3 is 0 Å². The summed E-state index contributed by atoms with van der Waals surface area (Å²) in [6.07, 6.45) is 6.43. The second-order valence-electron chi connectivity index (χ2n) is 6.64. The molecule has 2 aromatic rings. The smallest absolute Gasteiger partial charge is 0.223 e. The molecule has 1 aromatic carbocycles. The minimum atomic E-state index is -0.278. The number of benzene rings is 1. The van der Waals surface area contributed by atoms with Gasteiger partial charge in [-0.3, -0.25) is 9.69 Å². The molecular weight excluding hydrogens is 288 g/mol. The van der Waals surface area contributed by atoms with Gasteiger partial charge in [-0.1, -0.05) is 30.7 Å². The van der Waals surface area contributed by atoms with Crippen LogP contribution in [0.15, 0.2) is 41.3 Å². The number of aryl methyl sites for hydroxylation is 1. The average Bonchev–Trinajstić information content (AvgIpc) is 2.78. The molecule has 4 nitrogen and oxygen atoms in total. The minimum Gasteiger partial charge on any atom is -0.503 e. The number of aromatic hydroxyl groups is 1. The number of nitrogens with zero attached hydrogens (tertiary/aromatic N) is 2. The zero-order valence-corrected chi connectivity index (χ0v) is 13.2. The molecule has 1 unspecified atom stereocenters. The van der Waals surface area contributed by atoms with Crippen LogP contribution in [-0.4, -0.2) is 21.1 Å². The molecule has 0 amide bonds. The minimum absolute atomic E-state index is 0.151. The number of fused-ring (bicyclic) bond motifs is 2. The Bertz CT molecular complexity index is 781. The maximum atomic E-state index is 11.7. The molecule has 1 aliphatic carbocycles. The third-order valence-electron chi connectivity index (χ3n) is 5.22. The molecule has 1 N–H and O–H groups in total. The van der Waals surface area contributed by atoms with Crippen LogP contribution in [0.4, 0.5) is 0 Å². The van der Waals surface area contributed by atoms with Crippen molar-refractivity contribution in [3.05, 3.63) is 63.6 Å². The van der Waals surface area contributed by atoms with Crippen molar-refractivity contribution in [2.24, 2.45) is 0 Å². The Hall–Kier alpha value is -2.07. The van der Waals surface area contributed by atoms with E-state index in [0.717, 1.165) is 25.3 Å². The van der Waals surface area contributed by atoms with Crippen molar-refractivity contribution in [3.63, 3.8) is 0 Å². The first-order valence-corrected chi connectivity index (χ1v) is 8.46. The summed E-state index contributed by atoms with van der Waals surface area (Å²) in [6, 6.07) is 10.8. The van der Waals surface area contributed by atoms with Gasteiger partial charge in [0, 0.05) is 37.4 Å². The van der Waals surface area contributed by atoms with Crippen molar-refractivity contribution in [2.75, 3.05) is 6.54 Å². The van der Waals surface area contributed by atoms with Gasteiger partial charge in [-0.05, 0) is 30.4 Å². The number of hydrogen-bond donors (Lipinski definition) is 1. The van der Waals surface area contributed by atoms with Crippen LogP contribution in [0.3, 0.4) is 0 Å². The van der Waals surface area contributed by atoms with E-state index in [1.54, 1.807) is 12.3 Å². The zero-order valence-electron chi connectivity index (χ0n) is 13.2. The molecule has 2 aliphatic rings. The third kappa shape index (κ3) is 2.68. The highest BCUT2D eigenvalue weighted by molar-refractivity contribution is 5.31. The Morgan fingerprint density at radius 3 is 2.91 bits per heavy atom. The fourth-order valence-electron chi connectivity index (χ4n) is 4.01. The normalized spacial score (nSPS) is 21.3. The van der Waals surface area contributed by atoms with Crippen LogP contribution >= 0.6 is 0 Å². The SMILES string of the molecule is O=c1cc2n(cc1O)CCN(C1CCCCc3ccccc31)C2. The predicted octanol–water partition coefficient (Wildman–Crippen LogP) is 2.84. The van der Waals surface area contributed by atoms with Crippen LogP contribution in [0.5, 0.6) is 5.75 Å². The van der Waals surface area contributed by atoms with Gasteiger partial charge in [-0.2, -0.15) is 0 Å². The van der Waals surface area contributed by atoms with E-state index in [9.17, 15) is 9.90 Å². The number of rotatable bonds is 1. The van der Waals surface area contributed by atoms with E-state index in [-0.39, 0.29) is 11.2 Å². The Kier molecular flexibility index (Phi) is 3.69. The molecule has 1 aromatic heterocycles. The van der Waals surface area contributed by atoms with Crippen LogP contribution < -0.4 is 5.43 Å². The van der Waals surface area contributed by atoms with Crippen molar-refractivity contribution in [1.29, 1.82) is 0 Å². The molecule has 4 heteroatoms. The maximum absolute atomic E-state index is 11.7. The van der Waals surface area contributed by atoms with Crippen molar-refractivity contribution in [3.8, 4) is 5.75 Å². The van der Waals surface area contributed by atoms with Gasteiger partial charge in [0.15, 0.2) is 5.75 Å². The van der Waals surface area contributed by atoms with Gasteiger partial charge in [0.1, 0.15) is 0 Å². The third-order valence-corrected chi connectivity index (χ3v) is 5.22. The number of pyridine rings is 1. The molecule has 0 saturated heterocycles. The lowest BCUT2D eigenvalue weighted by Gasteiger charge is -2.36. The summed E-state index contributed by atoms with van der Waals surface area (Å²) in [5.74, 6) is -0.151. The van der Waals surface area contributed by atoms with E-state index < -0.39 is 0 Å².